The average Bonchev–Trinajstić information content (AvgIpc) is 2.19. The van der Waals surface area contributed by atoms with Gasteiger partial charge in [0.1, 0.15) is 0 Å². The van der Waals surface area contributed by atoms with Gasteiger partial charge in [0.15, 0.2) is 0 Å². The largest absolute Gasteiger partial charge is 0.341 e. The molecule has 0 radical (unpaired) electrons. The fourth-order valence-electron chi connectivity index (χ4n) is 1.13. The summed E-state index contributed by atoms with van der Waals surface area (Å²) in [6.45, 7) is 6.45. The SMILES string of the molecule is CCCNCC(=O)N(CC)CCC#N. The van der Waals surface area contributed by atoms with Crippen LogP contribution in [-0.2, 0) is 4.79 Å². The molecule has 1 N–H and O–H groups in total. The first kappa shape index (κ1) is 12.9. The number of rotatable bonds is 7. The van der Waals surface area contributed by atoms with E-state index in [1.54, 1.807) is 4.90 Å². The van der Waals surface area contributed by atoms with Gasteiger partial charge in [0.05, 0.1) is 19.0 Å². The Morgan fingerprint density at radius 1 is 1.50 bits per heavy atom. The van der Waals surface area contributed by atoms with Crippen LogP contribution in [-0.4, -0.2) is 37.0 Å². The quantitative estimate of drug-likeness (QED) is 0.613. The van der Waals surface area contributed by atoms with Crippen LogP contribution >= 0.6 is 0 Å². The third-order valence-corrected chi connectivity index (χ3v) is 1.93. The van der Waals surface area contributed by atoms with Crippen LogP contribution in [0.4, 0.5) is 0 Å². The Kier molecular flexibility index (Phi) is 7.86. The summed E-state index contributed by atoms with van der Waals surface area (Å²) >= 11 is 0. The molecule has 1 amide bonds. The van der Waals surface area contributed by atoms with Gasteiger partial charge in [-0.2, -0.15) is 5.26 Å². The van der Waals surface area contributed by atoms with Gasteiger partial charge in [-0.3, -0.25) is 4.79 Å². The van der Waals surface area contributed by atoms with Crippen LogP contribution < -0.4 is 5.32 Å². The van der Waals surface area contributed by atoms with E-state index in [0.717, 1.165) is 13.0 Å². The number of amides is 1. The van der Waals surface area contributed by atoms with Crippen molar-refractivity contribution in [2.45, 2.75) is 26.7 Å². The monoisotopic (exact) mass is 197 g/mol. The maximum atomic E-state index is 11.5. The average molecular weight is 197 g/mol. The number of hydrogen-bond acceptors (Lipinski definition) is 3. The molecule has 4 nitrogen and oxygen atoms in total. The molecule has 0 aromatic heterocycles. The molecule has 0 bridgehead atoms. The zero-order chi connectivity index (χ0) is 10.8. The van der Waals surface area contributed by atoms with Crippen LogP contribution in [0.25, 0.3) is 0 Å². The van der Waals surface area contributed by atoms with Crippen molar-refractivity contribution < 1.29 is 4.79 Å². The third kappa shape index (κ3) is 5.55. The van der Waals surface area contributed by atoms with E-state index >= 15 is 0 Å². The van der Waals surface area contributed by atoms with Crippen LogP contribution in [0.1, 0.15) is 26.7 Å². The van der Waals surface area contributed by atoms with E-state index in [4.69, 9.17) is 5.26 Å². The number of carbonyl (C=O) groups excluding carboxylic acids is 1. The second-order valence-corrected chi connectivity index (χ2v) is 3.06. The summed E-state index contributed by atoms with van der Waals surface area (Å²) in [5, 5.41) is 11.5. The number of carbonyl (C=O) groups is 1. The number of nitrogens with zero attached hydrogens (tertiary/aromatic N) is 2. The van der Waals surface area contributed by atoms with Crippen molar-refractivity contribution in [3.05, 3.63) is 0 Å². The van der Waals surface area contributed by atoms with Crippen molar-refractivity contribution >= 4 is 5.91 Å². The molecule has 0 spiro atoms. The normalized spacial score (nSPS) is 9.50. The standard InChI is InChI=1S/C10H19N3O/c1-3-7-12-9-10(14)13(4-2)8-5-6-11/h12H,3-5,7-9H2,1-2H3. The Morgan fingerprint density at radius 2 is 2.21 bits per heavy atom. The van der Waals surface area contributed by atoms with Crippen LogP contribution in [0.3, 0.4) is 0 Å². The van der Waals surface area contributed by atoms with E-state index < -0.39 is 0 Å². The van der Waals surface area contributed by atoms with E-state index in [-0.39, 0.29) is 5.91 Å². The van der Waals surface area contributed by atoms with Crippen LogP contribution in [0.15, 0.2) is 0 Å². The highest BCUT2D eigenvalue weighted by molar-refractivity contribution is 5.78. The van der Waals surface area contributed by atoms with Crippen molar-refractivity contribution in [1.29, 1.82) is 5.26 Å². The first-order valence-corrected chi connectivity index (χ1v) is 5.11. The second kappa shape index (κ2) is 8.52. The molecule has 0 rings (SSSR count). The molecule has 0 atom stereocenters. The lowest BCUT2D eigenvalue weighted by atomic mass is 10.3. The molecule has 0 aromatic rings. The van der Waals surface area contributed by atoms with E-state index in [1.807, 2.05) is 13.0 Å². The van der Waals surface area contributed by atoms with E-state index in [0.29, 0.717) is 26.1 Å². The summed E-state index contributed by atoms with van der Waals surface area (Å²) in [5.41, 5.74) is 0. The third-order valence-electron chi connectivity index (χ3n) is 1.93. The van der Waals surface area contributed by atoms with Crippen molar-refractivity contribution in [2.24, 2.45) is 0 Å². The Balaban J connectivity index is 3.74. The lowest BCUT2D eigenvalue weighted by Crippen LogP contribution is -2.38. The number of likely N-dealkylation sites (N-methyl/N-ethyl adjacent to an activating group) is 1. The van der Waals surface area contributed by atoms with Gasteiger partial charge in [-0.25, -0.2) is 0 Å². The van der Waals surface area contributed by atoms with Crippen molar-refractivity contribution in [1.82, 2.24) is 10.2 Å². The number of nitrogens with one attached hydrogen (secondary N) is 1. The highest BCUT2D eigenvalue weighted by Gasteiger charge is 2.09. The lowest BCUT2D eigenvalue weighted by Gasteiger charge is -2.19. The highest BCUT2D eigenvalue weighted by atomic mass is 16.2. The molecule has 80 valence electrons. The summed E-state index contributed by atoms with van der Waals surface area (Å²) in [5.74, 6) is 0.0798. The molecule has 0 saturated heterocycles. The minimum absolute atomic E-state index is 0.0798. The first-order chi connectivity index (χ1) is 6.76. The lowest BCUT2D eigenvalue weighted by molar-refractivity contribution is -0.130. The predicted molar refractivity (Wildman–Crippen MR) is 55.6 cm³/mol. The smallest absolute Gasteiger partial charge is 0.236 e. The van der Waals surface area contributed by atoms with Crippen LogP contribution in [0.5, 0.6) is 0 Å². The second-order valence-electron chi connectivity index (χ2n) is 3.06. The Labute approximate surface area is 85.9 Å². The molecule has 0 saturated carbocycles. The van der Waals surface area contributed by atoms with Gasteiger partial charge in [-0.1, -0.05) is 6.92 Å². The first-order valence-electron chi connectivity index (χ1n) is 5.11. The molecule has 0 aliphatic heterocycles. The van der Waals surface area contributed by atoms with E-state index in [1.165, 1.54) is 0 Å². The maximum Gasteiger partial charge on any atom is 0.236 e. The molecule has 0 fully saturated rings. The maximum absolute atomic E-state index is 11.5. The van der Waals surface area contributed by atoms with Gasteiger partial charge < -0.3 is 10.2 Å². The van der Waals surface area contributed by atoms with Gasteiger partial charge >= 0.3 is 0 Å². The molecular weight excluding hydrogens is 178 g/mol. The fourth-order valence-corrected chi connectivity index (χ4v) is 1.13. The summed E-state index contributed by atoms with van der Waals surface area (Å²) in [7, 11) is 0. The molecule has 14 heavy (non-hydrogen) atoms. The molecule has 0 heterocycles. The van der Waals surface area contributed by atoms with Gasteiger partial charge in [0.25, 0.3) is 0 Å². The van der Waals surface area contributed by atoms with Crippen molar-refractivity contribution in [3.63, 3.8) is 0 Å². The minimum Gasteiger partial charge on any atom is -0.341 e. The van der Waals surface area contributed by atoms with Gasteiger partial charge in [-0.15, -0.1) is 0 Å². The zero-order valence-electron chi connectivity index (χ0n) is 9.05. The summed E-state index contributed by atoms with van der Waals surface area (Å²) in [4.78, 5) is 13.2. The van der Waals surface area contributed by atoms with Gasteiger partial charge in [0, 0.05) is 13.1 Å². The fraction of sp³-hybridized carbons (Fsp3) is 0.800. The topological polar surface area (TPSA) is 56.1 Å². The summed E-state index contributed by atoms with van der Waals surface area (Å²) in [6.07, 6.45) is 1.44. The van der Waals surface area contributed by atoms with E-state index in [2.05, 4.69) is 12.2 Å². The Bertz CT molecular complexity index is 198. The Morgan fingerprint density at radius 3 is 2.71 bits per heavy atom. The zero-order valence-corrected chi connectivity index (χ0v) is 9.05. The highest BCUT2D eigenvalue weighted by Crippen LogP contribution is 1.91. The molecular formula is C10H19N3O. The number of hydrogen-bond donors (Lipinski definition) is 1. The molecule has 4 heteroatoms. The van der Waals surface area contributed by atoms with Crippen molar-refractivity contribution in [3.8, 4) is 6.07 Å². The molecule has 0 aliphatic rings. The molecule has 0 aliphatic carbocycles. The summed E-state index contributed by atoms with van der Waals surface area (Å²) < 4.78 is 0. The summed E-state index contributed by atoms with van der Waals surface area (Å²) in [6, 6.07) is 2.04. The van der Waals surface area contributed by atoms with Gasteiger partial charge in [-0.05, 0) is 19.9 Å². The van der Waals surface area contributed by atoms with Crippen molar-refractivity contribution in [2.75, 3.05) is 26.2 Å². The van der Waals surface area contributed by atoms with Crippen LogP contribution in [0, 0.1) is 11.3 Å². The predicted octanol–water partition coefficient (Wildman–Crippen LogP) is 0.748. The van der Waals surface area contributed by atoms with Crippen LogP contribution in [0.2, 0.25) is 0 Å². The van der Waals surface area contributed by atoms with Gasteiger partial charge in [0.2, 0.25) is 5.91 Å². The molecule has 0 unspecified atom stereocenters. The minimum atomic E-state index is 0.0798. The molecule has 0 aromatic carbocycles. The Hall–Kier alpha value is -1.08. The van der Waals surface area contributed by atoms with E-state index in [9.17, 15) is 4.79 Å². The number of nitriles is 1.